The van der Waals surface area contributed by atoms with E-state index in [-0.39, 0.29) is 22.9 Å². The summed E-state index contributed by atoms with van der Waals surface area (Å²) in [6.45, 7) is 6.38. The van der Waals surface area contributed by atoms with Gasteiger partial charge in [0, 0.05) is 0 Å². The molecule has 1 N–H and O–H groups in total. The molecule has 1 atom stereocenters. The Morgan fingerprint density at radius 1 is 1.21 bits per heavy atom. The topological polar surface area (TPSA) is 57.6 Å². The number of carboxylic acids is 1. The first kappa shape index (κ1) is 14.9. The second-order valence-electron chi connectivity index (χ2n) is 7.32. The normalized spacial score (nSPS) is 20.4. The summed E-state index contributed by atoms with van der Waals surface area (Å²) < 4.78 is 0. The summed E-state index contributed by atoms with van der Waals surface area (Å²) in [5, 5.41) is 9.48. The summed E-state index contributed by atoms with van der Waals surface area (Å²) in [5.41, 5.74) is 4.34. The van der Waals surface area contributed by atoms with Gasteiger partial charge in [-0.2, -0.15) is 0 Å². The number of fused-ring (bicyclic) bond motifs is 5. The van der Waals surface area contributed by atoms with E-state index in [2.05, 4.69) is 19.9 Å². The van der Waals surface area contributed by atoms with Gasteiger partial charge in [-0.1, -0.05) is 44.2 Å². The van der Waals surface area contributed by atoms with Crippen LogP contribution in [0.15, 0.2) is 36.4 Å². The van der Waals surface area contributed by atoms with E-state index >= 15 is 0 Å². The van der Waals surface area contributed by atoms with Gasteiger partial charge in [0.25, 0.3) is 5.91 Å². The molecule has 0 radical (unpaired) electrons. The van der Waals surface area contributed by atoms with Crippen molar-refractivity contribution in [2.75, 3.05) is 4.90 Å². The van der Waals surface area contributed by atoms with Crippen molar-refractivity contribution < 1.29 is 14.7 Å². The Morgan fingerprint density at radius 3 is 2.62 bits per heavy atom. The number of anilines is 1. The second-order valence-corrected chi connectivity index (χ2v) is 7.32. The van der Waals surface area contributed by atoms with Crippen molar-refractivity contribution >= 4 is 17.6 Å². The maximum absolute atomic E-state index is 13.1. The quantitative estimate of drug-likeness (QED) is 0.861. The number of aromatic carboxylic acids is 1. The molecule has 1 unspecified atom stereocenters. The van der Waals surface area contributed by atoms with Crippen molar-refractivity contribution in [3.8, 4) is 0 Å². The third-order valence-corrected chi connectivity index (χ3v) is 5.34. The summed E-state index contributed by atoms with van der Waals surface area (Å²) in [5.74, 6) is -1.25. The van der Waals surface area contributed by atoms with Crippen LogP contribution in [0.5, 0.6) is 0 Å². The molecular formula is C20H19NO3. The smallest absolute Gasteiger partial charge is 0.336 e. The van der Waals surface area contributed by atoms with E-state index in [0.717, 1.165) is 28.8 Å². The van der Waals surface area contributed by atoms with Crippen molar-refractivity contribution in [1.29, 1.82) is 0 Å². The number of nitrogens with zero attached hydrogens (tertiary/aromatic N) is 1. The number of carboxylic acid groups (broad SMARTS) is 1. The summed E-state index contributed by atoms with van der Waals surface area (Å²) in [6, 6.07) is 11.1. The van der Waals surface area contributed by atoms with Crippen LogP contribution in [0.25, 0.3) is 0 Å². The molecule has 0 aromatic heterocycles. The molecule has 4 rings (SSSR count). The van der Waals surface area contributed by atoms with E-state index in [9.17, 15) is 14.7 Å². The van der Waals surface area contributed by atoms with Crippen LogP contribution in [-0.4, -0.2) is 17.0 Å². The molecule has 0 saturated heterocycles. The van der Waals surface area contributed by atoms with Crippen LogP contribution in [-0.2, 0) is 5.41 Å². The molecule has 2 aromatic rings. The Hall–Kier alpha value is -2.62. The highest BCUT2D eigenvalue weighted by atomic mass is 16.4. The molecule has 0 saturated carbocycles. The number of aryl methyl sites for hydroxylation is 1. The van der Waals surface area contributed by atoms with Gasteiger partial charge in [-0.3, -0.25) is 4.79 Å². The minimum Gasteiger partial charge on any atom is -0.478 e. The minimum absolute atomic E-state index is 0.0797. The first-order valence-electron chi connectivity index (χ1n) is 8.13. The standard InChI is InChI=1S/C20H19NO3/c1-11-6-4-9-14-17(11)21-15(10-20(14,2)3)12-7-5-8-13(19(23)24)16(12)18(21)22/h4-9,15H,10H2,1-3H3,(H,23,24). The Morgan fingerprint density at radius 2 is 1.92 bits per heavy atom. The van der Waals surface area contributed by atoms with Crippen molar-refractivity contribution in [3.05, 3.63) is 64.2 Å². The van der Waals surface area contributed by atoms with Crippen molar-refractivity contribution in [3.63, 3.8) is 0 Å². The predicted octanol–water partition coefficient (Wildman–Crippen LogP) is 4.08. The Bertz CT molecular complexity index is 898. The Kier molecular flexibility index (Phi) is 2.92. The average molecular weight is 321 g/mol. The predicted molar refractivity (Wildman–Crippen MR) is 91.8 cm³/mol. The van der Waals surface area contributed by atoms with Crippen molar-refractivity contribution in [2.24, 2.45) is 0 Å². The average Bonchev–Trinajstić information content (AvgIpc) is 2.80. The van der Waals surface area contributed by atoms with Gasteiger partial charge in [-0.25, -0.2) is 4.79 Å². The molecular weight excluding hydrogens is 302 g/mol. The van der Waals surface area contributed by atoms with Gasteiger partial charge >= 0.3 is 5.97 Å². The fourth-order valence-corrected chi connectivity index (χ4v) is 4.24. The number of para-hydroxylation sites is 1. The number of amides is 1. The largest absolute Gasteiger partial charge is 0.478 e. The molecule has 2 heterocycles. The monoisotopic (exact) mass is 321 g/mol. The van der Waals surface area contributed by atoms with Crippen molar-refractivity contribution in [2.45, 2.75) is 38.6 Å². The molecule has 0 spiro atoms. The van der Waals surface area contributed by atoms with Gasteiger partial charge in [-0.15, -0.1) is 0 Å². The van der Waals surface area contributed by atoms with E-state index in [1.54, 1.807) is 6.07 Å². The van der Waals surface area contributed by atoms with Crippen LogP contribution in [0.3, 0.4) is 0 Å². The van der Waals surface area contributed by atoms with Crippen LogP contribution < -0.4 is 4.90 Å². The lowest BCUT2D eigenvalue weighted by atomic mass is 9.73. The zero-order chi connectivity index (χ0) is 17.2. The first-order valence-corrected chi connectivity index (χ1v) is 8.13. The fourth-order valence-electron chi connectivity index (χ4n) is 4.24. The number of carbonyl (C=O) groups is 2. The van der Waals surface area contributed by atoms with Crippen LogP contribution in [0.1, 0.15) is 63.7 Å². The highest BCUT2D eigenvalue weighted by Crippen LogP contribution is 2.53. The van der Waals surface area contributed by atoms with Gasteiger partial charge in [0.2, 0.25) is 0 Å². The number of carbonyl (C=O) groups excluding carboxylic acids is 1. The summed E-state index contributed by atoms with van der Waals surface area (Å²) >= 11 is 0. The summed E-state index contributed by atoms with van der Waals surface area (Å²) in [7, 11) is 0. The Balaban J connectivity index is 2.01. The van der Waals surface area contributed by atoms with E-state index in [1.165, 1.54) is 6.07 Å². The van der Waals surface area contributed by atoms with E-state index in [0.29, 0.717) is 5.56 Å². The molecule has 1 amide bonds. The number of rotatable bonds is 1. The highest BCUT2D eigenvalue weighted by Gasteiger charge is 2.48. The number of hydrogen-bond donors (Lipinski definition) is 1. The fraction of sp³-hybridized carbons (Fsp3) is 0.300. The molecule has 0 aliphatic carbocycles. The van der Waals surface area contributed by atoms with Crippen LogP contribution in [0, 0.1) is 6.92 Å². The van der Waals surface area contributed by atoms with Gasteiger partial charge in [0.05, 0.1) is 22.9 Å². The van der Waals surface area contributed by atoms with E-state index in [4.69, 9.17) is 0 Å². The van der Waals surface area contributed by atoms with Crippen LogP contribution >= 0.6 is 0 Å². The SMILES string of the molecule is Cc1cccc2c1N1C(=O)c3c(C(=O)O)cccc3C1CC2(C)C. The van der Waals surface area contributed by atoms with Gasteiger partial charge in [-0.05, 0) is 41.5 Å². The zero-order valence-corrected chi connectivity index (χ0v) is 14.0. The third kappa shape index (κ3) is 1.80. The maximum Gasteiger partial charge on any atom is 0.336 e. The first-order chi connectivity index (χ1) is 11.3. The highest BCUT2D eigenvalue weighted by molar-refractivity contribution is 6.17. The van der Waals surface area contributed by atoms with Gasteiger partial charge < -0.3 is 10.0 Å². The number of hydrogen-bond acceptors (Lipinski definition) is 2. The molecule has 24 heavy (non-hydrogen) atoms. The lowest BCUT2D eigenvalue weighted by Crippen LogP contribution is -2.39. The lowest BCUT2D eigenvalue weighted by molar-refractivity contribution is 0.0692. The molecule has 0 fully saturated rings. The molecule has 4 heteroatoms. The van der Waals surface area contributed by atoms with E-state index in [1.807, 2.05) is 30.0 Å². The molecule has 2 aliphatic rings. The van der Waals surface area contributed by atoms with Crippen LogP contribution in [0.2, 0.25) is 0 Å². The second kappa shape index (κ2) is 4.69. The molecule has 0 bridgehead atoms. The minimum atomic E-state index is -1.05. The number of benzene rings is 2. The third-order valence-electron chi connectivity index (χ3n) is 5.34. The van der Waals surface area contributed by atoms with Crippen molar-refractivity contribution in [1.82, 2.24) is 0 Å². The van der Waals surface area contributed by atoms with E-state index < -0.39 is 5.97 Å². The molecule has 122 valence electrons. The van der Waals surface area contributed by atoms with Gasteiger partial charge in [0.15, 0.2) is 0 Å². The van der Waals surface area contributed by atoms with Gasteiger partial charge in [0.1, 0.15) is 0 Å². The summed E-state index contributed by atoms with van der Waals surface area (Å²) in [6.07, 6.45) is 0.783. The molecule has 2 aromatic carbocycles. The molecule has 2 aliphatic heterocycles. The molecule has 4 nitrogen and oxygen atoms in total. The lowest BCUT2D eigenvalue weighted by Gasteiger charge is -2.42. The zero-order valence-electron chi connectivity index (χ0n) is 14.0. The maximum atomic E-state index is 13.1. The summed E-state index contributed by atoms with van der Waals surface area (Å²) in [4.78, 5) is 26.5. The van der Waals surface area contributed by atoms with Crippen LogP contribution in [0.4, 0.5) is 5.69 Å². The Labute approximate surface area is 140 Å².